The Balaban J connectivity index is 0.860. The van der Waals surface area contributed by atoms with Gasteiger partial charge >= 0.3 is 0 Å². The van der Waals surface area contributed by atoms with Crippen LogP contribution in [0.2, 0.25) is 0 Å². The Kier molecular flexibility index (Phi) is 12.2. The molecule has 13 rings (SSSR count). The van der Waals surface area contributed by atoms with Crippen LogP contribution in [0.15, 0.2) is 291 Å². The molecule has 11 aromatic carbocycles. The number of para-hydroxylation sites is 4. The molecule has 0 saturated carbocycles. The molecule has 0 N–H and O–H groups in total. The molecule has 77 heavy (non-hydrogen) atoms. The molecule has 0 spiro atoms. The van der Waals surface area contributed by atoms with Gasteiger partial charge in [-0.15, -0.1) is 0 Å². The monoisotopic (exact) mass is 984 g/mol. The van der Waals surface area contributed by atoms with Crippen molar-refractivity contribution in [3.05, 3.63) is 303 Å². The van der Waals surface area contributed by atoms with Crippen LogP contribution in [0.25, 0.3) is 88.5 Å². The van der Waals surface area contributed by atoms with Gasteiger partial charge in [-0.25, -0.2) is 14.8 Å². The lowest BCUT2D eigenvalue weighted by Gasteiger charge is -2.26. The number of hydrogen-bond acceptors (Lipinski definition) is 4. The van der Waals surface area contributed by atoms with Crippen molar-refractivity contribution in [1.82, 2.24) is 14.5 Å². The normalized spacial score (nSPS) is 11.1. The fourth-order valence-electron chi connectivity index (χ4n) is 10.5. The Morgan fingerprint density at radius 1 is 0.312 bits per heavy atom. The van der Waals surface area contributed by atoms with E-state index >= 15 is 0 Å². The van der Waals surface area contributed by atoms with Crippen molar-refractivity contribution >= 4 is 61.6 Å². The molecule has 0 bridgehead atoms. The fourth-order valence-corrected chi connectivity index (χ4v) is 10.5. The highest BCUT2D eigenvalue weighted by atomic mass is 15.1. The van der Waals surface area contributed by atoms with Crippen molar-refractivity contribution in [3.63, 3.8) is 0 Å². The molecule has 2 heterocycles. The minimum atomic E-state index is 0.562. The third kappa shape index (κ3) is 9.05. The van der Waals surface area contributed by atoms with Crippen LogP contribution in [0.4, 0.5) is 39.8 Å². The smallest absolute Gasteiger partial charge is 0.195 e. The third-order valence-electron chi connectivity index (χ3n) is 14.2. The van der Waals surface area contributed by atoms with Crippen molar-refractivity contribution < 1.29 is 0 Å². The minimum absolute atomic E-state index is 0.562. The Morgan fingerprint density at radius 3 is 1.16 bits per heavy atom. The van der Waals surface area contributed by atoms with E-state index in [1.54, 1.807) is 0 Å². The third-order valence-corrected chi connectivity index (χ3v) is 14.2. The summed E-state index contributed by atoms with van der Waals surface area (Å²) in [6, 6.07) is 102. The Hall–Kier alpha value is -10.6. The van der Waals surface area contributed by atoms with Gasteiger partial charge in [0.25, 0.3) is 0 Å². The van der Waals surface area contributed by atoms with Crippen LogP contribution in [-0.2, 0) is 0 Å². The van der Waals surface area contributed by atoms with Gasteiger partial charge in [-0.1, -0.05) is 182 Å². The number of hydrogen-bond donors (Lipinski definition) is 0. The zero-order chi connectivity index (χ0) is 51.5. The summed E-state index contributed by atoms with van der Waals surface area (Å²) >= 11 is 0. The van der Waals surface area contributed by atoms with Gasteiger partial charge in [0.15, 0.2) is 11.5 Å². The van der Waals surface area contributed by atoms with Crippen LogP contribution in [-0.4, -0.2) is 14.5 Å². The van der Waals surface area contributed by atoms with E-state index in [9.17, 15) is 0 Å². The topological polar surface area (TPSA) is 41.6 Å². The standard InChI is InChI=1S/C71H48N6/c1-72-68-46-55(67-49-66(53-20-8-2-9-21-53)73-71(74-67)54-22-10-3-11-23-54)38-43-63(68)52-34-32-50(33-35-52)51-36-39-60(40-37-51)77-69-44-41-61(75(56-24-12-4-13-25-56)57-26-14-5-15-27-57)47-64(69)65-48-62(42-45-70(65)77)76(58-28-16-6-17-29-58)59-30-18-7-19-31-59/h2-49H. The van der Waals surface area contributed by atoms with Gasteiger partial charge in [0.2, 0.25) is 0 Å². The van der Waals surface area contributed by atoms with Crippen LogP contribution in [0.1, 0.15) is 0 Å². The Bertz CT molecular complexity index is 3960. The molecule has 0 aliphatic carbocycles. The van der Waals surface area contributed by atoms with E-state index in [2.05, 4.69) is 244 Å². The Labute approximate surface area is 448 Å². The van der Waals surface area contributed by atoms with Crippen LogP contribution in [0.5, 0.6) is 0 Å². The molecule has 0 aliphatic heterocycles. The first kappa shape index (κ1) is 46.2. The van der Waals surface area contributed by atoms with Gasteiger partial charge in [0, 0.05) is 61.7 Å². The highest BCUT2D eigenvalue weighted by Crippen LogP contribution is 2.44. The molecule has 0 saturated heterocycles. The second kappa shape index (κ2) is 20.4. The summed E-state index contributed by atoms with van der Waals surface area (Å²) in [5, 5.41) is 2.30. The van der Waals surface area contributed by atoms with Crippen molar-refractivity contribution in [2.24, 2.45) is 0 Å². The lowest BCUT2D eigenvalue weighted by atomic mass is 9.97. The first-order chi connectivity index (χ1) is 38.1. The van der Waals surface area contributed by atoms with Crippen LogP contribution >= 0.6 is 0 Å². The summed E-state index contributed by atoms with van der Waals surface area (Å²) in [6.07, 6.45) is 0. The molecule has 0 atom stereocenters. The van der Waals surface area contributed by atoms with Crippen LogP contribution < -0.4 is 9.80 Å². The molecular formula is C71H48N6. The molecule has 0 aliphatic rings. The highest BCUT2D eigenvalue weighted by Gasteiger charge is 2.21. The maximum absolute atomic E-state index is 8.29. The fraction of sp³-hybridized carbons (Fsp3) is 0. The molecule has 362 valence electrons. The van der Waals surface area contributed by atoms with Gasteiger partial charge in [-0.05, 0) is 137 Å². The van der Waals surface area contributed by atoms with Crippen molar-refractivity contribution in [2.45, 2.75) is 0 Å². The van der Waals surface area contributed by atoms with E-state index in [1.165, 1.54) is 0 Å². The lowest BCUT2D eigenvalue weighted by molar-refractivity contribution is 1.18. The van der Waals surface area contributed by atoms with Crippen molar-refractivity contribution in [2.75, 3.05) is 9.80 Å². The van der Waals surface area contributed by atoms with E-state index in [4.69, 9.17) is 16.5 Å². The molecule has 0 fully saturated rings. The number of aromatic nitrogens is 3. The van der Waals surface area contributed by atoms with E-state index in [-0.39, 0.29) is 0 Å². The predicted molar refractivity (Wildman–Crippen MR) is 319 cm³/mol. The number of fused-ring (bicyclic) bond motifs is 3. The lowest BCUT2D eigenvalue weighted by Crippen LogP contribution is -2.09. The second-order valence-electron chi connectivity index (χ2n) is 18.9. The summed E-state index contributed by atoms with van der Waals surface area (Å²) in [6.45, 7) is 8.29. The zero-order valence-corrected chi connectivity index (χ0v) is 41.9. The summed E-state index contributed by atoms with van der Waals surface area (Å²) in [5.74, 6) is 0.640. The largest absolute Gasteiger partial charge is 0.310 e. The molecule has 6 heteroatoms. The summed E-state index contributed by atoms with van der Waals surface area (Å²) < 4.78 is 2.39. The van der Waals surface area contributed by atoms with Crippen molar-refractivity contribution in [3.8, 4) is 61.8 Å². The SMILES string of the molecule is [C-]#[N+]c1cc(-c2cc(-c3ccccc3)nc(-c3ccccc3)n2)ccc1-c1ccc(-c2ccc(-n3c4ccc(N(c5ccccc5)c5ccccc5)cc4c4cc(N(c5ccccc5)c5ccccc5)ccc43)cc2)cc1. The van der Waals surface area contributed by atoms with E-state index in [1.807, 2.05) is 66.7 Å². The summed E-state index contributed by atoms with van der Waals surface area (Å²) in [7, 11) is 0. The van der Waals surface area contributed by atoms with E-state index < -0.39 is 0 Å². The highest BCUT2D eigenvalue weighted by molar-refractivity contribution is 6.12. The average Bonchev–Trinajstić information content (AvgIpc) is 3.90. The number of benzene rings is 11. The number of anilines is 6. The maximum Gasteiger partial charge on any atom is 0.195 e. The quantitative estimate of drug-likeness (QED) is 0.114. The minimum Gasteiger partial charge on any atom is -0.310 e. The van der Waals surface area contributed by atoms with Gasteiger partial charge < -0.3 is 14.4 Å². The van der Waals surface area contributed by atoms with Crippen molar-refractivity contribution in [1.29, 1.82) is 0 Å². The summed E-state index contributed by atoms with van der Waals surface area (Å²) in [5.41, 5.74) is 18.8. The van der Waals surface area contributed by atoms with Gasteiger partial charge in [-0.3, -0.25) is 0 Å². The van der Waals surface area contributed by atoms with Crippen LogP contribution in [0.3, 0.4) is 0 Å². The van der Waals surface area contributed by atoms with Gasteiger partial charge in [-0.2, -0.15) is 0 Å². The second-order valence-corrected chi connectivity index (χ2v) is 18.9. The average molecular weight is 985 g/mol. The Morgan fingerprint density at radius 2 is 0.701 bits per heavy atom. The maximum atomic E-state index is 8.29. The zero-order valence-electron chi connectivity index (χ0n) is 41.9. The van der Waals surface area contributed by atoms with E-state index in [0.29, 0.717) is 11.5 Å². The predicted octanol–water partition coefficient (Wildman–Crippen LogP) is 19.4. The molecule has 0 radical (unpaired) electrons. The molecule has 6 nitrogen and oxygen atoms in total. The molecule has 2 aromatic heterocycles. The van der Waals surface area contributed by atoms with E-state index in [0.717, 1.165) is 112 Å². The van der Waals surface area contributed by atoms with Gasteiger partial charge in [0.05, 0.1) is 29.0 Å². The number of rotatable bonds is 12. The first-order valence-corrected chi connectivity index (χ1v) is 25.8. The molecule has 13 aromatic rings. The molecular weight excluding hydrogens is 937 g/mol. The number of nitrogens with zero attached hydrogens (tertiary/aromatic N) is 6. The molecule has 0 amide bonds. The van der Waals surface area contributed by atoms with Crippen LogP contribution in [0, 0.1) is 6.57 Å². The summed E-state index contributed by atoms with van der Waals surface area (Å²) in [4.78, 5) is 18.7. The molecule has 0 unspecified atom stereocenters. The first-order valence-electron chi connectivity index (χ1n) is 25.8. The van der Waals surface area contributed by atoms with Gasteiger partial charge in [0.1, 0.15) is 0 Å².